The lowest BCUT2D eigenvalue weighted by Gasteiger charge is -2.18. The van der Waals surface area contributed by atoms with Crippen molar-refractivity contribution in [3.05, 3.63) is 46.4 Å². The number of aryl methyl sites for hydroxylation is 1. The molecule has 1 N–H and O–H groups in total. The van der Waals surface area contributed by atoms with Gasteiger partial charge < -0.3 is 5.32 Å². The Labute approximate surface area is 131 Å². The molecule has 0 amide bonds. The maximum atomic E-state index is 13.7. The van der Waals surface area contributed by atoms with Gasteiger partial charge in [0, 0.05) is 17.7 Å². The van der Waals surface area contributed by atoms with Crippen LogP contribution in [0.4, 0.5) is 4.39 Å². The maximum Gasteiger partial charge on any atom is 0.136 e. The molecule has 0 aliphatic carbocycles. The van der Waals surface area contributed by atoms with Crippen LogP contribution in [0, 0.1) is 5.82 Å². The van der Waals surface area contributed by atoms with Crippen LogP contribution in [0.25, 0.3) is 0 Å². The number of nitrogens with one attached hydrogen (secondary N) is 1. The predicted molar refractivity (Wildman–Crippen MR) is 84.4 cm³/mol. The van der Waals surface area contributed by atoms with E-state index in [1.165, 1.54) is 17.8 Å². The number of halogens is 2. The SMILES string of the molecule is CCNC(CSc1ccccc1F)c1c(Br)cnn1C. The Morgan fingerprint density at radius 3 is 2.80 bits per heavy atom. The molecular formula is C14H17BrFN3S. The van der Waals surface area contributed by atoms with E-state index < -0.39 is 0 Å². The average Bonchev–Trinajstić information content (AvgIpc) is 2.76. The molecule has 2 rings (SSSR count). The molecule has 1 atom stereocenters. The summed E-state index contributed by atoms with van der Waals surface area (Å²) in [6, 6.07) is 6.98. The molecule has 108 valence electrons. The maximum absolute atomic E-state index is 13.7. The zero-order valence-electron chi connectivity index (χ0n) is 11.4. The number of hydrogen-bond donors (Lipinski definition) is 1. The Morgan fingerprint density at radius 2 is 2.20 bits per heavy atom. The Kier molecular flexibility index (Phi) is 5.63. The van der Waals surface area contributed by atoms with Crippen molar-refractivity contribution < 1.29 is 4.39 Å². The second kappa shape index (κ2) is 7.24. The molecule has 1 unspecified atom stereocenters. The topological polar surface area (TPSA) is 29.9 Å². The van der Waals surface area contributed by atoms with Crippen molar-refractivity contribution in [3.8, 4) is 0 Å². The molecule has 20 heavy (non-hydrogen) atoms. The third-order valence-electron chi connectivity index (χ3n) is 2.96. The van der Waals surface area contributed by atoms with Gasteiger partial charge in [0.15, 0.2) is 0 Å². The molecule has 0 radical (unpaired) electrons. The lowest BCUT2D eigenvalue weighted by Crippen LogP contribution is -2.25. The van der Waals surface area contributed by atoms with Gasteiger partial charge in [-0.3, -0.25) is 4.68 Å². The van der Waals surface area contributed by atoms with Crippen LogP contribution in [0.15, 0.2) is 39.8 Å². The molecule has 0 bridgehead atoms. The highest BCUT2D eigenvalue weighted by Gasteiger charge is 2.18. The first kappa shape index (κ1) is 15.5. The summed E-state index contributed by atoms with van der Waals surface area (Å²) in [5.41, 5.74) is 1.08. The number of aromatic nitrogens is 2. The Morgan fingerprint density at radius 1 is 1.45 bits per heavy atom. The molecule has 6 heteroatoms. The number of benzene rings is 1. The number of hydrogen-bond acceptors (Lipinski definition) is 3. The fraction of sp³-hybridized carbons (Fsp3) is 0.357. The lowest BCUT2D eigenvalue weighted by molar-refractivity contribution is 0.550. The highest BCUT2D eigenvalue weighted by atomic mass is 79.9. The van der Waals surface area contributed by atoms with Gasteiger partial charge in [0.25, 0.3) is 0 Å². The van der Waals surface area contributed by atoms with E-state index in [-0.39, 0.29) is 11.9 Å². The quantitative estimate of drug-likeness (QED) is 0.798. The van der Waals surface area contributed by atoms with E-state index in [9.17, 15) is 4.39 Å². The summed E-state index contributed by atoms with van der Waals surface area (Å²) in [7, 11) is 1.91. The van der Waals surface area contributed by atoms with Crippen LogP contribution in [0.5, 0.6) is 0 Å². The second-order valence-corrected chi connectivity index (χ2v) is 6.27. The average molecular weight is 358 g/mol. The van der Waals surface area contributed by atoms with Gasteiger partial charge >= 0.3 is 0 Å². The number of thioether (sulfide) groups is 1. The van der Waals surface area contributed by atoms with E-state index in [2.05, 4.69) is 33.3 Å². The Hall–Kier alpha value is -0.850. The fourth-order valence-corrected chi connectivity index (χ4v) is 3.66. The van der Waals surface area contributed by atoms with Crippen LogP contribution in [0.1, 0.15) is 18.7 Å². The second-order valence-electron chi connectivity index (χ2n) is 4.35. The molecule has 1 aromatic heterocycles. The van der Waals surface area contributed by atoms with Crippen molar-refractivity contribution in [2.45, 2.75) is 17.9 Å². The molecule has 3 nitrogen and oxygen atoms in total. The largest absolute Gasteiger partial charge is 0.308 e. The minimum Gasteiger partial charge on any atom is -0.308 e. The van der Waals surface area contributed by atoms with E-state index in [1.807, 2.05) is 17.8 Å². The molecule has 0 saturated heterocycles. The summed E-state index contributed by atoms with van der Waals surface area (Å²) < 4.78 is 16.5. The van der Waals surface area contributed by atoms with Crippen molar-refractivity contribution in [2.75, 3.05) is 12.3 Å². The summed E-state index contributed by atoms with van der Waals surface area (Å²) in [6.45, 7) is 2.91. The normalized spacial score (nSPS) is 12.6. The van der Waals surface area contributed by atoms with Crippen molar-refractivity contribution in [3.63, 3.8) is 0 Å². The third kappa shape index (κ3) is 3.62. The van der Waals surface area contributed by atoms with Crippen LogP contribution in [0.3, 0.4) is 0 Å². The van der Waals surface area contributed by atoms with Crippen molar-refractivity contribution >= 4 is 27.7 Å². The van der Waals surface area contributed by atoms with Crippen LogP contribution < -0.4 is 5.32 Å². The molecule has 0 spiro atoms. The van der Waals surface area contributed by atoms with E-state index >= 15 is 0 Å². The fourth-order valence-electron chi connectivity index (χ4n) is 2.03. The highest BCUT2D eigenvalue weighted by molar-refractivity contribution is 9.10. The summed E-state index contributed by atoms with van der Waals surface area (Å²) >= 11 is 5.03. The van der Waals surface area contributed by atoms with E-state index in [1.54, 1.807) is 18.3 Å². The summed E-state index contributed by atoms with van der Waals surface area (Å²) in [5.74, 6) is 0.573. The molecule has 1 heterocycles. The molecular weight excluding hydrogens is 341 g/mol. The van der Waals surface area contributed by atoms with Gasteiger partial charge in [0.1, 0.15) is 5.82 Å². The minimum atomic E-state index is -0.170. The summed E-state index contributed by atoms with van der Waals surface area (Å²) in [5, 5.41) is 7.66. The Balaban J connectivity index is 2.13. The van der Waals surface area contributed by atoms with Gasteiger partial charge in [-0.2, -0.15) is 5.10 Å². The summed E-state index contributed by atoms with van der Waals surface area (Å²) in [4.78, 5) is 0.675. The first-order chi connectivity index (χ1) is 9.63. The molecule has 0 fully saturated rings. The van der Waals surface area contributed by atoms with Gasteiger partial charge in [-0.05, 0) is 34.6 Å². The van der Waals surface area contributed by atoms with Gasteiger partial charge in [-0.1, -0.05) is 19.1 Å². The van der Waals surface area contributed by atoms with E-state index in [4.69, 9.17) is 0 Å². The highest BCUT2D eigenvalue weighted by Crippen LogP contribution is 2.29. The van der Waals surface area contributed by atoms with Crippen LogP contribution in [-0.4, -0.2) is 22.1 Å². The zero-order chi connectivity index (χ0) is 14.5. The van der Waals surface area contributed by atoms with Gasteiger partial charge in [0.05, 0.1) is 22.4 Å². The molecule has 0 saturated carbocycles. The Bertz CT molecular complexity index is 554. The molecule has 2 aromatic rings. The van der Waals surface area contributed by atoms with Crippen LogP contribution in [0.2, 0.25) is 0 Å². The van der Waals surface area contributed by atoms with Crippen molar-refractivity contribution in [2.24, 2.45) is 7.05 Å². The van der Waals surface area contributed by atoms with E-state index in [0.717, 1.165) is 22.5 Å². The molecule has 1 aromatic carbocycles. The first-order valence-electron chi connectivity index (χ1n) is 6.41. The smallest absolute Gasteiger partial charge is 0.136 e. The van der Waals surface area contributed by atoms with Crippen LogP contribution in [-0.2, 0) is 7.05 Å². The van der Waals surface area contributed by atoms with E-state index in [0.29, 0.717) is 4.90 Å². The monoisotopic (exact) mass is 357 g/mol. The van der Waals surface area contributed by atoms with Crippen molar-refractivity contribution in [1.82, 2.24) is 15.1 Å². The molecule has 0 aliphatic rings. The number of rotatable bonds is 6. The minimum absolute atomic E-state index is 0.117. The lowest BCUT2D eigenvalue weighted by atomic mass is 10.2. The zero-order valence-corrected chi connectivity index (χ0v) is 13.8. The number of nitrogens with zero attached hydrogens (tertiary/aromatic N) is 2. The standard InChI is InChI=1S/C14H17BrFN3S/c1-3-17-12(14-10(15)8-18-19(14)2)9-20-13-7-5-4-6-11(13)16/h4-8,12,17H,3,9H2,1-2H3. The van der Waals surface area contributed by atoms with Gasteiger partial charge in [-0.25, -0.2) is 4.39 Å². The molecule has 0 aliphatic heterocycles. The predicted octanol–water partition coefficient (Wildman–Crippen LogP) is 3.76. The van der Waals surface area contributed by atoms with Gasteiger partial charge in [0.2, 0.25) is 0 Å². The van der Waals surface area contributed by atoms with Crippen molar-refractivity contribution in [1.29, 1.82) is 0 Å². The summed E-state index contributed by atoms with van der Waals surface area (Å²) in [6.07, 6.45) is 1.79. The first-order valence-corrected chi connectivity index (χ1v) is 8.19. The third-order valence-corrected chi connectivity index (χ3v) is 4.71. The van der Waals surface area contributed by atoms with Gasteiger partial charge in [-0.15, -0.1) is 11.8 Å². The van der Waals surface area contributed by atoms with Crippen LogP contribution >= 0.6 is 27.7 Å².